The SMILES string of the molecule is CCOC1CC(NC(=O)c2csc(COC)n2)(C(=O)O)C1(C)C. The van der Waals surface area contributed by atoms with Crippen molar-refractivity contribution >= 4 is 23.2 Å². The fourth-order valence-electron chi connectivity index (χ4n) is 2.90. The van der Waals surface area contributed by atoms with Gasteiger partial charge in [-0.25, -0.2) is 9.78 Å². The van der Waals surface area contributed by atoms with Crippen LogP contribution >= 0.6 is 11.3 Å². The number of hydrogen-bond acceptors (Lipinski definition) is 6. The number of carbonyl (C=O) groups is 2. The van der Waals surface area contributed by atoms with Gasteiger partial charge in [-0.3, -0.25) is 4.79 Å². The van der Waals surface area contributed by atoms with E-state index < -0.39 is 22.8 Å². The first-order valence-electron chi connectivity index (χ1n) is 7.39. The van der Waals surface area contributed by atoms with Crippen LogP contribution in [0.2, 0.25) is 0 Å². The zero-order valence-electron chi connectivity index (χ0n) is 13.7. The van der Waals surface area contributed by atoms with E-state index in [1.807, 2.05) is 6.92 Å². The van der Waals surface area contributed by atoms with E-state index in [0.29, 0.717) is 18.2 Å². The number of aromatic nitrogens is 1. The number of ether oxygens (including phenoxy) is 2. The maximum absolute atomic E-state index is 12.4. The Labute approximate surface area is 139 Å². The Morgan fingerprint density at radius 1 is 1.52 bits per heavy atom. The summed E-state index contributed by atoms with van der Waals surface area (Å²) >= 11 is 1.30. The summed E-state index contributed by atoms with van der Waals surface area (Å²) in [5, 5.41) is 14.6. The van der Waals surface area contributed by atoms with Crippen LogP contribution < -0.4 is 5.32 Å². The van der Waals surface area contributed by atoms with Gasteiger partial charge in [0.25, 0.3) is 5.91 Å². The Morgan fingerprint density at radius 3 is 2.74 bits per heavy atom. The molecule has 2 unspecified atom stereocenters. The summed E-state index contributed by atoms with van der Waals surface area (Å²) in [7, 11) is 1.55. The lowest BCUT2D eigenvalue weighted by Gasteiger charge is -2.58. The van der Waals surface area contributed by atoms with Crippen molar-refractivity contribution in [3.05, 3.63) is 16.1 Å². The number of hydrogen-bond donors (Lipinski definition) is 2. The van der Waals surface area contributed by atoms with Crippen molar-refractivity contribution in [1.29, 1.82) is 0 Å². The minimum absolute atomic E-state index is 0.205. The van der Waals surface area contributed by atoms with Crippen molar-refractivity contribution < 1.29 is 24.2 Å². The lowest BCUT2D eigenvalue weighted by molar-refractivity contribution is -0.190. The van der Waals surface area contributed by atoms with E-state index in [9.17, 15) is 14.7 Å². The van der Waals surface area contributed by atoms with Gasteiger partial charge in [-0.05, 0) is 6.92 Å². The third-order valence-corrected chi connectivity index (χ3v) is 5.33. The van der Waals surface area contributed by atoms with Crippen molar-refractivity contribution in [2.45, 2.75) is 45.4 Å². The molecule has 1 aromatic rings. The number of carboxylic acid groups (broad SMARTS) is 1. The first kappa shape index (κ1) is 17.8. The molecule has 23 heavy (non-hydrogen) atoms. The van der Waals surface area contributed by atoms with Crippen LogP contribution in [0.5, 0.6) is 0 Å². The molecule has 0 radical (unpaired) electrons. The van der Waals surface area contributed by atoms with E-state index >= 15 is 0 Å². The molecule has 7 nitrogen and oxygen atoms in total. The molecule has 2 rings (SSSR count). The molecule has 0 spiro atoms. The number of rotatable bonds is 7. The van der Waals surface area contributed by atoms with Crippen LogP contribution in [-0.2, 0) is 20.9 Å². The summed E-state index contributed by atoms with van der Waals surface area (Å²) in [5.74, 6) is -1.55. The highest BCUT2D eigenvalue weighted by molar-refractivity contribution is 7.09. The summed E-state index contributed by atoms with van der Waals surface area (Å²) < 4.78 is 10.5. The minimum Gasteiger partial charge on any atom is -0.479 e. The van der Waals surface area contributed by atoms with Gasteiger partial charge in [0.1, 0.15) is 16.2 Å². The molecule has 1 fully saturated rings. The van der Waals surface area contributed by atoms with Crippen LogP contribution in [0.15, 0.2) is 5.38 Å². The van der Waals surface area contributed by atoms with Gasteiger partial charge in [-0.15, -0.1) is 11.3 Å². The van der Waals surface area contributed by atoms with Crippen LogP contribution in [-0.4, -0.2) is 47.3 Å². The summed E-state index contributed by atoms with van der Waals surface area (Å²) in [6, 6.07) is 0. The van der Waals surface area contributed by atoms with Crippen molar-refractivity contribution in [1.82, 2.24) is 10.3 Å². The van der Waals surface area contributed by atoms with Gasteiger partial charge in [0, 0.05) is 30.9 Å². The third-order valence-electron chi connectivity index (χ3n) is 4.51. The van der Waals surface area contributed by atoms with Gasteiger partial charge < -0.3 is 19.9 Å². The summed E-state index contributed by atoms with van der Waals surface area (Å²) in [5.41, 5.74) is -1.86. The molecule has 0 aromatic carbocycles. The van der Waals surface area contributed by atoms with Gasteiger partial charge in [-0.1, -0.05) is 13.8 Å². The first-order chi connectivity index (χ1) is 10.8. The summed E-state index contributed by atoms with van der Waals surface area (Å²) in [6.07, 6.45) is 0.0349. The normalized spacial score (nSPS) is 25.7. The molecule has 1 amide bonds. The molecule has 1 aromatic heterocycles. The maximum Gasteiger partial charge on any atom is 0.330 e. The monoisotopic (exact) mass is 342 g/mol. The Morgan fingerprint density at radius 2 is 2.22 bits per heavy atom. The van der Waals surface area contributed by atoms with Crippen LogP contribution in [0.4, 0.5) is 0 Å². The van der Waals surface area contributed by atoms with E-state index in [-0.39, 0.29) is 18.2 Å². The third kappa shape index (κ3) is 2.98. The summed E-state index contributed by atoms with van der Waals surface area (Å²) in [6.45, 7) is 6.28. The number of nitrogens with one attached hydrogen (secondary N) is 1. The topological polar surface area (TPSA) is 97.8 Å². The number of carboxylic acids is 1. The van der Waals surface area contributed by atoms with Gasteiger partial charge in [-0.2, -0.15) is 0 Å². The smallest absolute Gasteiger partial charge is 0.330 e. The van der Waals surface area contributed by atoms with Crippen molar-refractivity contribution in [2.75, 3.05) is 13.7 Å². The predicted octanol–water partition coefficient (Wildman–Crippen LogP) is 1.68. The van der Waals surface area contributed by atoms with Crippen LogP contribution in [0.1, 0.15) is 42.7 Å². The number of thiazole rings is 1. The summed E-state index contributed by atoms with van der Waals surface area (Å²) in [4.78, 5) is 28.4. The number of nitrogens with zero attached hydrogens (tertiary/aromatic N) is 1. The predicted molar refractivity (Wildman–Crippen MR) is 84.5 cm³/mol. The number of aliphatic carboxylic acids is 1. The average Bonchev–Trinajstić information content (AvgIpc) is 2.94. The lowest BCUT2D eigenvalue weighted by Crippen LogP contribution is -2.76. The Balaban J connectivity index is 2.17. The first-order valence-corrected chi connectivity index (χ1v) is 8.27. The Hall–Kier alpha value is -1.51. The zero-order chi connectivity index (χ0) is 17.3. The lowest BCUT2D eigenvalue weighted by atomic mass is 9.54. The van der Waals surface area contributed by atoms with Crippen molar-refractivity contribution in [3.63, 3.8) is 0 Å². The second-order valence-electron chi connectivity index (χ2n) is 6.09. The molecule has 0 aliphatic heterocycles. The molecule has 2 atom stereocenters. The van der Waals surface area contributed by atoms with E-state index in [4.69, 9.17) is 9.47 Å². The molecule has 0 saturated heterocycles. The Bertz CT molecular complexity index is 600. The van der Waals surface area contributed by atoms with Crippen molar-refractivity contribution in [2.24, 2.45) is 5.41 Å². The molecule has 8 heteroatoms. The van der Waals surface area contributed by atoms with E-state index in [2.05, 4.69) is 10.3 Å². The fourth-order valence-corrected chi connectivity index (χ4v) is 3.64. The largest absolute Gasteiger partial charge is 0.479 e. The number of amides is 1. The molecular formula is C15H22N2O5S. The fraction of sp³-hybridized carbons (Fsp3) is 0.667. The molecule has 1 heterocycles. The van der Waals surface area contributed by atoms with Crippen molar-refractivity contribution in [3.8, 4) is 0 Å². The number of carbonyl (C=O) groups excluding carboxylic acids is 1. The second kappa shape index (κ2) is 6.54. The highest BCUT2D eigenvalue weighted by atomic mass is 32.1. The molecule has 1 aliphatic carbocycles. The molecule has 128 valence electrons. The number of methoxy groups -OCH3 is 1. The van der Waals surface area contributed by atoms with E-state index in [1.165, 1.54) is 11.3 Å². The maximum atomic E-state index is 12.4. The van der Waals surface area contributed by atoms with Crippen LogP contribution in [0.3, 0.4) is 0 Å². The zero-order valence-corrected chi connectivity index (χ0v) is 14.5. The second-order valence-corrected chi connectivity index (χ2v) is 7.04. The highest BCUT2D eigenvalue weighted by Gasteiger charge is 2.66. The average molecular weight is 342 g/mol. The molecule has 1 aliphatic rings. The minimum atomic E-state index is -1.35. The molecular weight excluding hydrogens is 320 g/mol. The van der Waals surface area contributed by atoms with Gasteiger partial charge in [0.05, 0.1) is 12.7 Å². The van der Waals surface area contributed by atoms with Gasteiger partial charge in [0.2, 0.25) is 0 Å². The van der Waals surface area contributed by atoms with Gasteiger partial charge in [0.15, 0.2) is 0 Å². The molecule has 1 saturated carbocycles. The van der Waals surface area contributed by atoms with Gasteiger partial charge >= 0.3 is 5.97 Å². The standard InChI is InChI=1S/C15H22N2O5S/c1-5-22-10-6-15(13(19)20,14(10,2)3)17-12(18)9-8-23-11(16-9)7-21-4/h8,10H,5-7H2,1-4H3,(H,17,18)(H,19,20). The molecule has 2 N–H and O–H groups in total. The molecule has 0 bridgehead atoms. The van der Waals surface area contributed by atoms with Crippen LogP contribution in [0, 0.1) is 5.41 Å². The van der Waals surface area contributed by atoms with Crippen LogP contribution in [0.25, 0.3) is 0 Å². The highest BCUT2D eigenvalue weighted by Crippen LogP contribution is 2.51. The van der Waals surface area contributed by atoms with E-state index in [0.717, 1.165) is 0 Å². The Kier molecular flexibility index (Phi) is 5.07. The van der Waals surface area contributed by atoms with E-state index in [1.54, 1.807) is 26.3 Å². The quantitative estimate of drug-likeness (QED) is 0.782.